The molecule has 0 fully saturated rings. The van der Waals surface area contributed by atoms with Crippen LogP contribution in [0.25, 0.3) is 0 Å². The summed E-state index contributed by atoms with van der Waals surface area (Å²) in [7, 11) is 3.31. The van der Waals surface area contributed by atoms with Gasteiger partial charge in [-0.15, -0.1) is 0 Å². The molecule has 0 aliphatic carbocycles. The monoisotopic (exact) mass is 277 g/mol. The zero-order chi connectivity index (χ0) is 15.3. The van der Waals surface area contributed by atoms with E-state index in [1.807, 2.05) is 32.9 Å². The third-order valence-corrected chi connectivity index (χ3v) is 2.99. The Balaban J connectivity index is 2.55. The molecule has 20 heavy (non-hydrogen) atoms. The highest BCUT2D eigenvalue weighted by atomic mass is 16.2. The van der Waals surface area contributed by atoms with Gasteiger partial charge in [-0.1, -0.05) is 29.3 Å². The van der Waals surface area contributed by atoms with Crippen LogP contribution >= 0.6 is 0 Å². The molecule has 0 saturated heterocycles. The minimum Gasteiger partial charge on any atom is -0.347 e. The summed E-state index contributed by atoms with van der Waals surface area (Å²) in [4.78, 5) is 24.5. The minimum absolute atomic E-state index is 0.00159. The van der Waals surface area contributed by atoms with Crippen molar-refractivity contribution in [1.29, 1.82) is 0 Å². The number of urea groups is 1. The number of carbonyl (C=O) groups excluding carboxylic acids is 2. The molecule has 5 nitrogen and oxygen atoms in total. The molecule has 0 unspecified atom stereocenters. The van der Waals surface area contributed by atoms with Crippen LogP contribution in [0.3, 0.4) is 0 Å². The van der Waals surface area contributed by atoms with Crippen LogP contribution in [-0.2, 0) is 4.79 Å². The molecule has 5 heteroatoms. The number of hydrogen-bond donors (Lipinski definition) is 2. The van der Waals surface area contributed by atoms with Crippen LogP contribution in [0, 0.1) is 13.8 Å². The van der Waals surface area contributed by atoms with Crippen LogP contribution < -0.4 is 10.6 Å². The fourth-order valence-electron chi connectivity index (χ4n) is 1.90. The first-order valence-electron chi connectivity index (χ1n) is 6.62. The van der Waals surface area contributed by atoms with E-state index in [-0.39, 0.29) is 24.5 Å². The Hall–Kier alpha value is -2.04. The van der Waals surface area contributed by atoms with E-state index in [0.717, 1.165) is 16.7 Å². The topological polar surface area (TPSA) is 61.4 Å². The van der Waals surface area contributed by atoms with Gasteiger partial charge in [0, 0.05) is 14.1 Å². The van der Waals surface area contributed by atoms with Crippen molar-refractivity contribution in [2.24, 2.45) is 0 Å². The van der Waals surface area contributed by atoms with Crippen LogP contribution in [0.2, 0.25) is 0 Å². The average molecular weight is 277 g/mol. The third kappa shape index (κ3) is 4.91. The van der Waals surface area contributed by atoms with Gasteiger partial charge in [0.05, 0.1) is 12.6 Å². The summed E-state index contributed by atoms with van der Waals surface area (Å²) in [5.41, 5.74) is 3.38. The van der Waals surface area contributed by atoms with E-state index in [9.17, 15) is 9.59 Å². The van der Waals surface area contributed by atoms with E-state index >= 15 is 0 Å². The lowest BCUT2D eigenvalue weighted by atomic mass is 10.0. The Kier molecular flexibility index (Phi) is 5.55. The van der Waals surface area contributed by atoms with Crippen LogP contribution in [0.15, 0.2) is 18.2 Å². The standard InChI is InChI=1S/C15H23N3O2/c1-10-6-11(2)8-13(7-10)12(3)17-15(20)16-9-14(19)18(4)5/h6-8,12H,9H2,1-5H3,(H2,16,17,20)/t12-/m1/s1. The molecule has 0 spiro atoms. The molecule has 2 N–H and O–H groups in total. The molecule has 1 aromatic rings. The summed E-state index contributed by atoms with van der Waals surface area (Å²) in [6.07, 6.45) is 0. The number of aryl methyl sites for hydroxylation is 2. The Bertz CT molecular complexity index is 478. The Labute approximate surface area is 120 Å². The van der Waals surface area contributed by atoms with Crippen LogP contribution in [-0.4, -0.2) is 37.5 Å². The maximum atomic E-state index is 11.7. The van der Waals surface area contributed by atoms with Crippen molar-refractivity contribution in [2.45, 2.75) is 26.8 Å². The SMILES string of the molecule is Cc1cc(C)cc([C@@H](C)NC(=O)NCC(=O)N(C)C)c1. The van der Waals surface area contributed by atoms with E-state index in [1.54, 1.807) is 14.1 Å². The van der Waals surface area contributed by atoms with E-state index < -0.39 is 0 Å². The first kappa shape index (κ1) is 16.0. The lowest BCUT2D eigenvalue weighted by Crippen LogP contribution is -2.42. The number of nitrogens with one attached hydrogen (secondary N) is 2. The van der Waals surface area contributed by atoms with Crippen molar-refractivity contribution in [1.82, 2.24) is 15.5 Å². The van der Waals surface area contributed by atoms with Gasteiger partial charge in [0.2, 0.25) is 5.91 Å². The highest BCUT2D eigenvalue weighted by Gasteiger charge is 2.11. The van der Waals surface area contributed by atoms with Crippen molar-refractivity contribution in [3.05, 3.63) is 34.9 Å². The predicted octanol–water partition coefficient (Wildman–Crippen LogP) is 1.75. The quantitative estimate of drug-likeness (QED) is 0.881. The third-order valence-electron chi connectivity index (χ3n) is 2.99. The number of nitrogens with zero attached hydrogens (tertiary/aromatic N) is 1. The van der Waals surface area contributed by atoms with Gasteiger partial charge in [0.1, 0.15) is 0 Å². The first-order chi connectivity index (χ1) is 9.29. The van der Waals surface area contributed by atoms with E-state index in [2.05, 4.69) is 16.7 Å². The molecule has 1 atom stereocenters. The maximum absolute atomic E-state index is 11.7. The zero-order valence-corrected chi connectivity index (χ0v) is 12.8. The van der Waals surface area contributed by atoms with Gasteiger partial charge < -0.3 is 15.5 Å². The predicted molar refractivity (Wildman–Crippen MR) is 79.6 cm³/mol. The van der Waals surface area contributed by atoms with Crippen molar-refractivity contribution in [3.63, 3.8) is 0 Å². The lowest BCUT2D eigenvalue weighted by molar-refractivity contribution is -0.127. The normalized spacial score (nSPS) is 11.7. The molecule has 0 aliphatic rings. The second kappa shape index (κ2) is 6.93. The van der Waals surface area contributed by atoms with Gasteiger partial charge in [0.25, 0.3) is 0 Å². The van der Waals surface area contributed by atoms with Crippen LogP contribution in [0.1, 0.15) is 29.7 Å². The average Bonchev–Trinajstić information content (AvgIpc) is 2.34. The van der Waals surface area contributed by atoms with Gasteiger partial charge in [-0.3, -0.25) is 4.79 Å². The summed E-state index contributed by atoms with van der Waals surface area (Å²) in [5.74, 6) is -0.140. The van der Waals surface area contributed by atoms with Crippen molar-refractivity contribution in [3.8, 4) is 0 Å². The molecule has 0 aliphatic heterocycles. The molecule has 0 bridgehead atoms. The number of rotatable bonds is 4. The van der Waals surface area contributed by atoms with E-state index in [4.69, 9.17) is 0 Å². The molecule has 110 valence electrons. The lowest BCUT2D eigenvalue weighted by Gasteiger charge is -2.17. The van der Waals surface area contributed by atoms with Gasteiger partial charge >= 0.3 is 6.03 Å². The fourth-order valence-corrected chi connectivity index (χ4v) is 1.90. The number of hydrogen-bond acceptors (Lipinski definition) is 2. The van der Waals surface area contributed by atoms with E-state index in [0.29, 0.717) is 0 Å². The summed E-state index contributed by atoms with van der Waals surface area (Å²) < 4.78 is 0. The molecule has 1 aromatic carbocycles. The molecular weight excluding hydrogens is 254 g/mol. The highest BCUT2D eigenvalue weighted by Crippen LogP contribution is 2.16. The molecule has 3 amide bonds. The van der Waals surface area contributed by atoms with Crippen LogP contribution in [0.5, 0.6) is 0 Å². The maximum Gasteiger partial charge on any atom is 0.315 e. The van der Waals surface area contributed by atoms with E-state index in [1.165, 1.54) is 4.90 Å². The molecule has 0 saturated carbocycles. The van der Waals surface area contributed by atoms with Gasteiger partial charge in [-0.2, -0.15) is 0 Å². The van der Waals surface area contributed by atoms with Crippen molar-refractivity contribution < 1.29 is 9.59 Å². The molecule has 0 aromatic heterocycles. The summed E-state index contributed by atoms with van der Waals surface area (Å²) in [5, 5.41) is 5.38. The number of amides is 3. The van der Waals surface area contributed by atoms with Gasteiger partial charge in [-0.05, 0) is 26.3 Å². The van der Waals surface area contributed by atoms with Crippen molar-refractivity contribution in [2.75, 3.05) is 20.6 Å². The number of benzene rings is 1. The molecule has 0 heterocycles. The second-order valence-corrected chi connectivity index (χ2v) is 5.26. The van der Waals surface area contributed by atoms with Crippen molar-refractivity contribution >= 4 is 11.9 Å². The second-order valence-electron chi connectivity index (χ2n) is 5.26. The summed E-state index contributed by atoms with van der Waals surface area (Å²) in [6.45, 7) is 5.97. The Morgan fingerprint density at radius 3 is 2.20 bits per heavy atom. The number of likely N-dealkylation sites (N-methyl/N-ethyl adjacent to an activating group) is 1. The largest absolute Gasteiger partial charge is 0.347 e. The highest BCUT2D eigenvalue weighted by molar-refractivity contribution is 5.83. The van der Waals surface area contributed by atoms with Gasteiger partial charge in [-0.25, -0.2) is 4.79 Å². The van der Waals surface area contributed by atoms with Gasteiger partial charge in [0.15, 0.2) is 0 Å². The molecule has 0 radical (unpaired) electrons. The Morgan fingerprint density at radius 2 is 1.70 bits per heavy atom. The number of carbonyl (C=O) groups is 2. The fraction of sp³-hybridized carbons (Fsp3) is 0.467. The molecular formula is C15H23N3O2. The summed E-state index contributed by atoms with van der Waals surface area (Å²) in [6, 6.07) is 5.73. The summed E-state index contributed by atoms with van der Waals surface area (Å²) >= 11 is 0. The van der Waals surface area contributed by atoms with Crippen LogP contribution in [0.4, 0.5) is 4.79 Å². The Morgan fingerprint density at radius 1 is 1.15 bits per heavy atom. The molecule has 1 rings (SSSR count). The zero-order valence-electron chi connectivity index (χ0n) is 12.8. The minimum atomic E-state index is -0.341. The first-order valence-corrected chi connectivity index (χ1v) is 6.62. The smallest absolute Gasteiger partial charge is 0.315 e.